The van der Waals surface area contributed by atoms with Crippen LogP contribution >= 0.6 is 0 Å². The van der Waals surface area contributed by atoms with Crippen molar-refractivity contribution in [1.29, 1.82) is 0 Å². The van der Waals surface area contributed by atoms with Gasteiger partial charge in [0.25, 0.3) is 0 Å². The standard InChI is InChI=1S/C22H20O/c1-17-8-6-7-11-22(17)23-18(2)16-19-12-14-21(15-13-19)20-9-4-3-5-10-20/h3-15H,2,16H2,1H3. The van der Waals surface area contributed by atoms with E-state index < -0.39 is 0 Å². The zero-order valence-electron chi connectivity index (χ0n) is 13.3. The fourth-order valence-corrected chi connectivity index (χ4v) is 2.54. The van der Waals surface area contributed by atoms with Crippen LogP contribution in [0.4, 0.5) is 0 Å². The van der Waals surface area contributed by atoms with Gasteiger partial charge in [0.05, 0.1) is 0 Å². The number of ether oxygens (including phenoxy) is 1. The predicted octanol–water partition coefficient (Wildman–Crippen LogP) is 5.80. The van der Waals surface area contributed by atoms with E-state index in [2.05, 4.69) is 55.1 Å². The monoisotopic (exact) mass is 300 g/mol. The molecule has 0 fully saturated rings. The summed E-state index contributed by atoms with van der Waals surface area (Å²) in [7, 11) is 0. The molecule has 0 radical (unpaired) electrons. The minimum absolute atomic E-state index is 0.712. The molecule has 1 nitrogen and oxygen atoms in total. The lowest BCUT2D eigenvalue weighted by Crippen LogP contribution is -1.99. The van der Waals surface area contributed by atoms with Crippen LogP contribution in [0.15, 0.2) is 91.2 Å². The Morgan fingerprint density at radius 2 is 1.39 bits per heavy atom. The highest BCUT2D eigenvalue weighted by molar-refractivity contribution is 5.63. The maximum absolute atomic E-state index is 5.87. The van der Waals surface area contributed by atoms with Crippen LogP contribution < -0.4 is 4.74 Å². The molecular formula is C22H20O. The van der Waals surface area contributed by atoms with Crippen molar-refractivity contribution >= 4 is 0 Å². The highest BCUT2D eigenvalue weighted by Crippen LogP contribution is 2.22. The Morgan fingerprint density at radius 1 is 0.783 bits per heavy atom. The Kier molecular flexibility index (Phi) is 4.58. The summed E-state index contributed by atoms with van der Waals surface area (Å²) in [6.07, 6.45) is 0.712. The van der Waals surface area contributed by atoms with Gasteiger partial charge in [-0.15, -0.1) is 0 Å². The van der Waals surface area contributed by atoms with Crippen LogP contribution in [-0.2, 0) is 6.42 Å². The summed E-state index contributed by atoms with van der Waals surface area (Å²) in [4.78, 5) is 0. The molecule has 0 aromatic heterocycles. The summed E-state index contributed by atoms with van der Waals surface area (Å²) < 4.78 is 5.87. The second-order valence-corrected chi connectivity index (χ2v) is 5.65. The molecule has 0 unspecified atom stereocenters. The first-order valence-electron chi connectivity index (χ1n) is 7.78. The molecule has 0 aliphatic carbocycles. The SMILES string of the molecule is C=C(Cc1ccc(-c2ccccc2)cc1)Oc1ccccc1C. The Balaban J connectivity index is 1.66. The van der Waals surface area contributed by atoms with Gasteiger partial charge in [-0.05, 0) is 35.2 Å². The Hall–Kier alpha value is -2.80. The van der Waals surface area contributed by atoms with E-state index in [1.165, 1.54) is 16.7 Å². The number of allylic oxidation sites excluding steroid dienone is 1. The molecule has 0 atom stereocenters. The van der Waals surface area contributed by atoms with Crippen molar-refractivity contribution in [1.82, 2.24) is 0 Å². The molecule has 23 heavy (non-hydrogen) atoms. The Labute approximate surface area is 137 Å². The Bertz CT molecular complexity index is 786. The molecule has 3 aromatic rings. The molecule has 0 aliphatic rings. The van der Waals surface area contributed by atoms with E-state index in [1.54, 1.807) is 0 Å². The van der Waals surface area contributed by atoms with Crippen molar-refractivity contribution in [2.75, 3.05) is 0 Å². The normalized spacial score (nSPS) is 10.3. The second-order valence-electron chi connectivity index (χ2n) is 5.65. The number of rotatable bonds is 5. The summed E-state index contributed by atoms with van der Waals surface area (Å²) in [5.74, 6) is 1.63. The van der Waals surface area contributed by atoms with Crippen LogP contribution in [-0.4, -0.2) is 0 Å². The van der Waals surface area contributed by atoms with E-state index in [9.17, 15) is 0 Å². The molecular weight excluding hydrogens is 280 g/mol. The largest absolute Gasteiger partial charge is 0.462 e. The van der Waals surface area contributed by atoms with E-state index in [-0.39, 0.29) is 0 Å². The summed E-state index contributed by atoms with van der Waals surface area (Å²) in [5, 5.41) is 0. The van der Waals surface area contributed by atoms with Gasteiger partial charge in [0.2, 0.25) is 0 Å². The van der Waals surface area contributed by atoms with Crippen molar-refractivity contribution in [3.63, 3.8) is 0 Å². The maximum Gasteiger partial charge on any atom is 0.129 e. The molecule has 0 N–H and O–H groups in total. The molecule has 0 spiro atoms. The molecule has 0 saturated heterocycles. The zero-order valence-corrected chi connectivity index (χ0v) is 13.3. The van der Waals surface area contributed by atoms with E-state index in [4.69, 9.17) is 4.74 Å². The first-order valence-corrected chi connectivity index (χ1v) is 7.78. The molecule has 3 rings (SSSR count). The average molecular weight is 300 g/mol. The molecule has 3 aromatic carbocycles. The van der Waals surface area contributed by atoms with Crippen LogP contribution in [0, 0.1) is 6.92 Å². The quantitative estimate of drug-likeness (QED) is 0.541. The van der Waals surface area contributed by atoms with Crippen LogP contribution in [0.5, 0.6) is 5.75 Å². The molecule has 114 valence electrons. The van der Waals surface area contributed by atoms with Crippen molar-refractivity contribution in [3.05, 3.63) is 102 Å². The number of benzene rings is 3. The van der Waals surface area contributed by atoms with Crippen molar-refractivity contribution < 1.29 is 4.74 Å². The fraction of sp³-hybridized carbons (Fsp3) is 0.0909. The predicted molar refractivity (Wildman–Crippen MR) is 96.5 cm³/mol. The molecule has 1 heteroatoms. The number of hydrogen-bond acceptors (Lipinski definition) is 1. The van der Waals surface area contributed by atoms with Crippen LogP contribution in [0.3, 0.4) is 0 Å². The van der Waals surface area contributed by atoms with Crippen molar-refractivity contribution in [2.24, 2.45) is 0 Å². The van der Waals surface area contributed by atoms with Crippen molar-refractivity contribution in [2.45, 2.75) is 13.3 Å². The van der Waals surface area contributed by atoms with Gasteiger partial charge < -0.3 is 4.74 Å². The van der Waals surface area contributed by atoms with Crippen LogP contribution in [0.25, 0.3) is 11.1 Å². The number of hydrogen-bond donors (Lipinski definition) is 0. The molecule has 0 heterocycles. The molecule has 0 saturated carbocycles. The first kappa shape index (κ1) is 15.1. The lowest BCUT2D eigenvalue weighted by atomic mass is 10.0. The fourth-order valence-electron chi connectivity index (χ4n) is 2.54. The van der Waals surface area contributed by atoms with Gasteiger partial charge in [-0.25, -0.2) is 0 Å². The van der Waals surface area contributed by atoms with Gasteiger partial charge in [-0.3, -0.25) is 0 Å². The minimum Gasteiger partial charge on any atom is -0.462 e. The maximum atomic E-state index is 5.87. The van der Waals surface area contributed by atoms with Gasteiger partial charge >= 0.3 is 0 Å². The number of aryl methyl sites for hydroxylation is 1. The summed E-state index contributed by atoms with van der Waals surface area (Å²) in [6.45, 7) is 6.08. The van der Waals surface area contributed by atoms with Gasteiger partial charge in [-0.1, -0.05) is 79.4 Å². The summed E-state index contributed by atoms with van der Waals surface area (Å²) >= 11 is 0. The summed E-state index contributed by atoms with van der Waals surface area (Å²) in [5.41, 5.74) is 4.77. The smallest absolute Gasteiger partial charge is 0.129 e. The highest BCUT2D eigenvalue weighted by Gasteiger charge is 2.04. The van der Waals surface area contributed by atoms with E-state index in [0.29, 0.717) is 6.42 Å². The third-order valence-corrected chi connectivity index (χ3v) is 3.81. The topological polar surface area (TPSA) is 9.23 Å². The highest BCUT2D eigenvalue weighted by atomic mass is 16.5. The van der Waals surface area contributed by atoms with Crippen LogP contribution in [0.1, 0.15) is 11.1 Å². The lowest BCUT2D eigenvalue weighted by molar-refractivity contribution is 0.413. The lowest BCUT2D eigenvalue weighted by Gasteiger charge is -2.11. The van der Waals surface area contributed by atoms with E-state index in [1.807, 2.05) is 37.3 Å². The minimum atomic E-state index is 0.712. The van der Waals surface area contributed by atoms with Gasteiger partial charge in [0.15, 0.2) is 0 Å². The van der Waals surface area contributed by atoms with Gasteiger partial charge in [0, 0.05) is 6.42 Å². The zero-order chi connectivity index (χ0) is 16.1. The third-order valence-electron chi connectivity index (χ3n) is 3.81. The molecule has 0 amide bonds. The molecule has 0 bridgehead atoms. The number of para-hydroxylation sites is 1. The first-order chi connectivity index (χ1) is 11.2. The van der Waals surface area contributed by atoms with Crippen molar-refractivity contribution in [3.8, 4) is 16.9 Å². The molecule has 0 aliphatic heterocycles. The van der Waals surface area contributed by atoms with Gasteiger partial charge in [-0.2, -0.15) is 0 Å². The average Bonchev–Trinajstić information content (AvgIpc) is 2.58. The van der Waals surface area contributed by atoms with Crippen LogP contribution in [0.2, 0.25) is 0 Å². The third kappa shape index (κ3) is 3.89. The van der Waals surface area contributed by atoms with E-state index in [0.717, 1.165) is 17.1 Å². The second kappa shape index (κ2) is 6.97. The van der Waals surface area contributed by atoms with Gasteiger partial charge in [0.1, 0.15) is 11.5 Å². The Morgan fingerprint density at radius 3 is 2.09 bits per heavy atom. The van der Waals surface area contributed by atoms with E-state index >= 15 is 0 Å². The summed E-state index contributed by atoms with van der Waals surface area (Å²) in [6, 6.07) is 26.9.